The largest absolute Gasteiger partial charge is 0.490 e. The van der Waals surface area contributed by atoms with Crippen LogP contribution < -0.4 is 10.1 Å². The van der Waals surface area contributed by atoms with E-state index >= 15 is 0 Å². The minimum absolute atomic E-state index is 0.0904. The SMILES string of the molecule is CCCNC(CC1OCCO1)c1cccc(OC2CC2)c1. The highest BCUT2D eigenvalue weighted by Gasteiger charge is 2.25. The lowest BCUT2D eigenvalue weighted by Crippen LogP contribution is -2.26. The summed E-state index contributed by atoms with van der Waals surface area (Å²) in [7, 11) is 0. The normalized spacial score (nSPS) is 20.6. The first-order valence-electron chi connectivity index (χ1n) is 8.08. The Morgan fingerprint density at radius 1 is 1.29 bits per heavy atom. The lowest BCUT2D eigenvalue weighted by atomic mass is 10.0. The van der Waals surface area contributed by atoms with Crippen LogP contribution in [0.15, 0.2) is 24.3 Å². The molecule has 4 heteroatoms. The number of benzene rings is 1. The predicted octanol–water partition coefficient (Wildman–Crippen LogP) is 3.03. The molecule has 0 aromatic heterocycles. The van der Waals surface area contributed by atoms with Gasteiger partial charge in [0.1, 0.15) is 5.75 Å². The van der Waals surface area contributed by atoms with E-state index in [2.05, 4.69) is 30.4 Å². The van der Waals surface area contributed by atoms with Crippen molar-refractivity contribution in [1.82, 2.24) is 5.32 Å². The molecule has 3 rings (SSSR count). The molecule has 1 N–H and O–H groups in total. The molecule has 1 aromatic rings. The summed E-state index contributed by atoms with van der Waals surface area (Å²) in [5.74, 6) is 0.978. The van der Waals surface area contributed by atoms with Crippen molar-refractivity contribution in [3.63, 3.8) is 0 Å². The molecule has 1 aromatic carbocycles. The predicted molar refractivity (Wildman–Crippen MR) is 81.4 cm³/mol. The molecule has 0 radical (unpaired) electrons. The second-order valence-electron chi connectivity index (χ2n) is 5.80. The van der Waals surface area contributed by atoms with Gasteiger partial charge in [-0.05, 0) is 43.5 Å². The van der Waals surface area contributed by atoms with Crippen molar-refractivity contribution in [2.75, 3.05) is 19.8 Å². The molecule has 21 heavy (non-hydrogen) atoms. The van der Waals surface area contributed by atoms with Crippen molar-refractivity contribution in [3.05, 3.63) is 29.8 Å². The summed E-state index contributed by atoms with van der Waals surface area (Å²) in [6, 6.07) is 8.67. The van der Waals surface area contributed by atoms with E-state index in [0.717, 1.165) is 25.1 Å². The van der Waals surface area contributed by atoms with Gasteiger partial charge in [-0.1, -0.05) is 19.1 Å². The van der Waals surface area contributed by atoms with Crippen LogP contribution in [0, 0.1) is 0 Å². The first kappa shape index (κ1) is 14.8. The molecule has 2 aliphatic rings. The zero-order valence-corrected chi connectivity index (χ0v) is 12.7. The molecule has 0 spiro atoms. The maximum absolute atomic E-state index is 5.90. The Kier molecular flexibility index (Phi) is 5.12. The fourth-order valence-electron chi connectivity index (χ4n) is 2.57. The Bertz CT molecular complexity index is 441. The standard InChI is InChI=1S/C17H25NO3/c1-2-8-18-16(12-17-19-9-10-20-17)13-4-3-5-15(11-13)21-14-6-7-14/h3-5,11,14,16-18H,2,6-10,12H2,1H3. The number of rotatable bonds is 8. The highest BCUT2D eigenvalue weighted by atomic mass is 16.7. The lowest BCUT2D eigenvalue weighted by molar-refractivity contribution is -0.0530. The zero-order valence-electron chi connectivity index (χ0n) is 12.7. The van der Waals surface area contributed by atoms with Crippen LogP contribution in [0.5, 0.6) is 5.75 Å². The molecule has 1 aliphatic carbocycles. The average Bonchev–Trinajstić information content (AvgIpc) is 3.16. The Morgan fingerprint density at radius 3 is 2.81 bits per heavy atom. The first-order valence-corrected chi connectivity index (χ1v) is 8.08. The molecule has 1 atom stereocenters. The van der Waals surface area contributed by atoms with Gasteiger partial charge in [0.05, 0.1) is 19.3 Å². The summed E-state index contributed by atoms with van der Waals surface area (Å²) in [5, 5.41) is 3.59. The van der Waals surface area contributed by atoms with Crippen molar-refractivity contribution in [2.45, 2.75) is 51.0 Å². The Labute approximate surface area is 126 Å². The van der Waals surface area contributed by atoms with Crippen LogP contribution >= 0.6 is 0 Å². The topological polar surface area (TPSA) is 39.7 Å². The zero-order chi connectivity index (χ0) is 14.5. The molecule has 0 amide bonds. The van der Waals surface area contributed by atoms with E-state index in [0.29, 0.717) is 19.3 Å². The summed E-state index contributed by atoms with van der Waals surface area (Å²) in [4.78, 5) is 0. The molecule has 1 heterocycles. The van der Waals surface area contributed by atoms with E-state index in [9.17, 15) is 0 Å². The van der Waals surface area contributed by atoms with Crippen molar-refractivity contribution < 1.29 is 14.2 Å². The summed E-state index contributed by atoms with van der Waals surface area (Å²) in [6.07, 6.45) is 4.67. The van der Waals surface area contributed by atoms with Gasteiger partial charge in [-0.15, -0.1) is 0 Å². The molecule has 2 fully saturated rings. The van der Waals surface area contributed by atoms with Gasteiger partial charge in [0.25, 0.3) is 0 Å². The van der Waals surface area contributed by atoms with Crippen molar-refractivity contribution in [2.24, 2.45) is 0 Å². The van der Waals surface area contributed by atoms with Crippen LogP contribution in [-0.2, 0) is 9.47 Å². The molecule has 1 saturated heterocycles. The molecule has 0 bridgehead atoms. The third-order valence-corrected chi connectivity index (χ3v) is 3.85. The summed E-state index contributed by atoms with van der Waals surface area (Å²) >= 11 is 0. The van der Waals surface area contributed by atoms with Gasteiger partial charge >= 0.3 is 0 Å². The maximum atomic E-state index is 5.90. The number of nitrogens with one attached hydrogen (secondary N) is 1. The van der Waals surface area contributed by atoms with Crippen LogP contribution in [0.1, 0.15) is 44.2 Å². The minimum Gasteiger partial charge on any atom is -0.490 e. The first-order chi connectivity index (χ1) is 10.3. The van der Waals surface area contributed by atoms with Gasteiger partial charge in [-0.3, -0.25) is 0 Å². The number of ether oxygens (including phenoxy) is 3. The summed E-state index contributed by atoms with van der Waals surface area (Å²) in [5.41, 5.74) is 1.25. The molecule has 116 valence electrons. The lowest BCUT2D eigenvalue weighted by Gasteiger charge is -2.22. The van der Waals surface area contributed by atoms with Crippen LogP contribution in [-0.4, -0.2) is 32.2 Å². The Morgan fingerprint density at radius 2 is 2.10 bits per heavy atom. The van der Waals surface area contributed by atoms with E-state index in [4.69, 9.17) is 14.2 Å². The minimum atomic E-state index is -0.0904. The van der Waals surface area contributed by atoms with Crippen molar-refractivity contribution in [1.29, 1.82) is 0 Å². The fraction of sp³-hybridized carbons (Fsp3) is 0.647. The molecule has 4 nitrogen and oxygen atoms in total. The monoisotopic (exact) mass is 291 g/mol. The van der Waals surface area contributed by atoms with Crippen LogP contribution in [0.4, 0.5) is 0 Å². The third kappa shape index (κ3) is 4.43. The maximum Gasteiger partial charge on any atom is 0.159 e. The van der Waals surface area contributed by atoms with Crippen LogP contribution in [0.25, 0.3) is 0 Å². The quantitative estimate of drug-likeness (QED) is 0.799. The van der Waals surface area contributed by atoms with E-state index in [1.807, 2.05) is 6.07 Å². The highest BCUT2D eigenvalue weighted by molar-refractivity contribution is 5.31. The van der Waals surface area contributed by atoms with Crippen LogP contribution in [0.3, 0.4) is 0 Å². The van der Waals surface area contributed by atoms with E-state index < -0.39 is 0 Å². The van der Waals surface area contributed by atoms with Crippen LogP contribution in [0.2, 0.25) is 0 Å². The van der Waals surface area contributed by atoms with E-state index in [1.165, 1.54) is 18.4 Å². The van der Waals surface area contributed by atoms with Gasteiger partial charge in [0.2, 0.25) is 0 Å². The van der Waals surface area contributed by atoms with Gasteiger partial charge in [-0.25, -0.2) is 0 Å². The average molecular weight is 291 g/mol. The molecule has 1 unspecified atom stereocenters. The molecule has 1 aliphatic heterocycles. The molecular weight excluding hydrogens is 266 g/mol. The second-order valence-corrected chi connectivity index (χ2v) is 5.80. The second kappa shape index (κ2) is 7.25. The van der Waals surface area contributed by atoms with Gasteiger partial charge in [0.15, 0.2) is 6.29 Å². The van der Waals surface area contributed by atoms with E-state index in [1.54, 1.807) is 0 Å². The van der Waals surface area contributed by atoms with Crippen molar-refractivity contribution in [3.8, 4) is 5.75 Å². The smallest absolute Gasteiger partial charge is 0.159 e. The Hall–Kier alpha value is -1.10. The summed E-state index contributed by atoms with van der Waals surface area (Å²) in [6.45, 7) is 4.58. The van der Waals surface area contributed by atoms with Gasteiger partial charge < -0.3 is 19.5 Å². The number of hydrogen-bond acceptors (Lipinski definition) is 4. The fourth-order valence-corrected chi connectivity index (χ4v) is 2.57. The summed E-state index contributed by atoms with van der Waals surface area (Å²) < 4.78 is 17.1. The molecular formula is C17H25NO3. The van der Waals surface area contributed by atoms with Gasteiger partial charge in [-0.2, -0.15) is 0 Å². The highest BCUT2D eigenvalue weighted by Crippen LogP contribution is 2.30. The number of hydrogen-bond donors (Lipinski definition) is 1. The van der Waals surface area contributed by atoms with Gasteiger partial charge in [0, 0.05) is 12.5 Å². The van der Waals surface area contributed by atoms with E-state index in [-0.39, 0.29) is 12.3 Å². The third-order valence-electron chi connectivity index (χ3n) is 3.85. The van der Waals surface area contributed by atoms with Crippen molar-refractivity contribution >= 4 is 0 Å². The Balaban J connectivity index is 1.67. The molecule has 1 saturated carbocycles.